The fraction of sp³-hybridized carbons (Fsp3) is 0.304. The topological polar surface area (TPSA) is 50.7 Å². The van der Waals surface area contributed by atoms with Crippen molar-refractivity contribution in [1.82, 2.24) is 5.43 Å². The van der Waals surface area contributed by atoms with Gasteiger partial charge in [0.25, 0.3) is 5.91 Å². The summed E-state index contributed by atoms with van der Waals surface area (Å²) in [5, 5.41) is 6.56. The Bertz CT molecular complexity index is 927. The van der Waals surface area contributed by atoms with Gasteiger partial charge < -0.3 is 4.74 Å². The third kappa shape index (κ3) is 4.64. The molecule has 3 rings (SSSR count). The van der Waals surface area contributed by atoms with Gasteiger partial charge in [-0.05, 0) is 68.0 Å². The van der Waals surface area contributed by atoms with Crippen LogP contribution < -0.4 is 10.2 Å². The first-order valence-electron chi connectivity index (χ1n) is 9.28. The summed E-state index contributed by atoms with van der Waals surface area (Å²) in [4.78, 5) is 12.4. The number of ether oxygens (including phenoxy) is 1. The van der Waals surface area contributed by atoms with Gasteiger partial charge in [-0.1, -0.05) is 48.6 Å². The van der Waals surface area contributed by atoms with Gasteiger partial charge in [0.2, 0.25) is 0 Å². The van der Waals surface area contributed by atoms with Crippen LogP contribution in [-0.4, -0.2) is 17.7 Å². The first-order chi connectivity index (χ1) is 12.9. The fourth-order valence-corrected chi connectivity index (χ4v) is 3.14. The first-order valence-corrected chi connectivity index (χ1v) is 9.28. The third-order valence-corrected chi connectivity index (χ3v) is 5.00. The van der Waals surface area contributed by atoms with E-state index in [0.717, 1.165) is 40.5 Å². The van der Waals surface area contributed by atoms with E-state index in [1.165, 1.54) is 0 Å². The van der Waals surface area contributed by atoms with Gasteiger partial charge in [0.1, 0.15) is 5.75 Å². The molecule has 0 saturated heterocycles. The molecule has 2 atom stereocenters. The molecule has 0 unspecified atom stereocenters. The second-order valence-corrected chi connectivity index (χ2v) is 7.17. The Balaban J connectivity index is 1.63. The highest BCUT2D eigenvalue weighted by atomic mass is 16.5. The van der Waals surface area contributed by atoms with Crippen molar-refractivity contribution < 1.29 is 9.53 Å². The van der Waals surface area contributed by atoms with Crippen LogP contribution in [0.1, 0.15) is 33.6 Å². The number of benzene rings is 2. The van der Waals surface area contributed by atoms with Gasteiger partial charge in [0.05, 0.1) is 5.71 Å². The van der Waals surface area contributed by atoms with Gasteiger partial charge in [-0.3, -0.25) is 4.79 Å². The van der Waals surface area contributed by atoms with Crippen LogP contribution in [-0.2, 0) is 4.79 Å². The molecule has 1 aliphatic carbocycles. The molecule has 4 nitrogen and oxygen atoms in total. The zero-order valence-electron chi connectivity index (χ0n) is 16.2. The van der Waals surface area contributed by atoms with E-state index in [4.69, 9.17) is 4.74 Å². The van der Waals surface area contributed by atoms with Crippen molar-refractivity contribution in [3.05, 3.63) is 66.3 Å². The number of carbonyl (C=O) groups is 1. The molecule has 140 valence electrons. The predicted octanol–water partition coefficient (Wildman–Crippen LogP) is 5.01. The van der Waals surface area contributed by atoms with Gasteiger partial charge in [0.15, 0.2) is 6.10 Å². The van der Waals surface area contributed by atoms with E-state index < -0.39 is 6.10 Å². The molecular formula is C23H26N2O2. The predicted molar refractivity (Wildman–Crippen MR) is 111 cm³/mol. The first kappa shape index (κ1) is 18.9. The van der Waals surface area contributed by atoms with Gasteiger partial charge in [-0.15, -0.1) is 0 Å². The molecule has 4 heteroatoms. The smallest absolute Gasteiger partial charge is 0.280 e. The van der Waals surface area contributed by atoms with Crippen LogP contribution in [0.4, 0.5) is 0 Å². The molecular weight excluding hydrogens is 336 g/mol. The summed E-state index contributed by atoms with van der Waals surface area (Å²) in [7, 11) is 0. The second-order valence-electron chi connectivity index (χ2n) is 7.17. The van der Waals surface area contributed by atoms with Crippen LogP contribution in [0.2, 0.25) is 0 Å². The number of amides is 1. The Morgan fingerprint density at radius 1 is 1.26 bits per heavy atom. The van der Waals surface area contributed by atoms with Crippen LogP contribution in [0, 0.1) is 5.92 Å². The van der Waals surface area contributed by atoms with Crippen LogP contribution in [0.3, 0.4) is 0 Å². The Hall–Kier alpha value is -2.88. The van der Waals surface area contributed by atoms with Gasteiger partial charge in [-0.25, -0.2) is 5.43 Å². The summed E-state index contributed by atoms with van der Waals surface area (Å²) in [5.74, 6) is 0.789. The number of hydrogen-bond donors (Lipinski definition) is 1. The van der Waals surface area contributed by atoms with Gasteiger partial charge in [-0.2, -0.15) is 5.10 Å². The Labute approximate surface area is 160 Å². The number of rotatable bonds is 5. The molecule has 1 amide bonds. The molecule has 0 heterocycles. The van der Waals surface area contributed by atoms with E-state index in [-0.39, 0.29) is 5.91 Å². The molecule has 0 aliphatic heterocycles. The summed E-state index contributed by atoms with van der Waals surface area (Å²) < 4.78 is 5.80. The molecule has 0 aromatic heterocycles. The number of nitrogens with zero attached hydrogens (tertiary/aromatic N) is 1. The number of nitrogens with one attached hydrogen (secondary N) is 1. The molecule has 0 spiro atoms. The lowest BCUT2D eigenvalue weighted by molar-refractivity contribution is -0.127. The highest BCUT2D eigenvalue weighted by Crippen LogP contribution is 2.26. The molecule has 1 N–H and O–H groups in total. The molecule has 0 radical (unpaired) electrons. The molecule has 27 heavy (non-hydrogen) atoms. The van der Waals surface area contributed by atoms with Crippen LogP contribution in [0.25, 0.3) is 10.8 Å². The van der Waals surface area contributed by atoms with Crippen molar-refractivity contribution in [2.24, 2.45) is 11.0 Å². The summed E-state index contributed by atoms with van der Waals surface area (Å²) in [6.07, 6.45) is 3.30. The fourth-order valence-electron chi connectivity index (χ4n) is 3.14. The van der Waals surface area contributed by atoms with Crippen molar-refractivity contribution in [2.45, 2.75) is 39.7 Å². The lowest BCUT2D eigenvalue weighted by Crippen LogP contribution is -2.34. The van der Waals surface area contributed by atoms with Crippen LogP contribution in [0.5, 0.6) is 5.75 Å². The lowest BCUT2D eigenvalue weighted by atomic mass is 9.85. The maximum atomic E-state index is 12.4. The van der Waals surface area contributed by atoms with Crippen molar-refractivity contribution in [1.29, 1.82) is 0 Å². The summed E-state index contributed by atoms with van der Waals surface area (Å²) >= 11 is 0. The van der Waals surface area contributed by atoms with E-state index in [9.17, 15) is 4.79 Å². The van der Waals surface area contributed by atoms with Crippen LogP contribution in [0.15, 0.2) is 71.4 Å². The monoisotopic (exact) mass is 362 g/mol. The SMILES string of the molecule is C=C(C)[C@H]1CC=C(C)/C(=N\NC(=O)[C@H](C)Oc2ccc3ccccc3c2)C1. The zero-order valence-corrected chi connectivity index (χ0v) is 16.2. The zero-order chi connectivity index (χ0) is 19.4. The largest absolute Gasteiger partial charge is 0.481 e. The molecule has 2 aromatic rings. The summed E-state index contributed by atoms with van der Waals surface area (Å²) in [6.45, 7) is 9.82. The highest BCUT2D eigenvalue weighted by molar-refractivity contribution is 6.01. The minimum Gasteiger partial charge on any atom is -0.481 e. The number of allylic oxidation sites excluding steroid dienone is 3. The van der Waals surface area contributed by atoms with Crippen molar-refractivity contribution in [3.63, 3.8) is 0 Å². The quantitative estimate of drug-likeness (QED) is 0.600. The molecule has 0 fully saturated rings. The highest BCUT2D eigenvalue weighted by Gasteiger charge is 2.20. The van der Waals surface area contributed by atoms with E-state index in [1.54, 1.807) is 6.92 Å². The van der Waals surface area contributed by atoms with E-state index >= 15 is 0 Å². The van der Waals surface area contributed by atoms with Crippen molar-refractivity contribution >= 4 is 22.4 Å². The van der Waals surface area contributed by atoms with E-state index in [0.29, 0.717) is 11.7 Å². The molecule has 0 saturated carbocycles. The minimum atomic E-state index is -0.639. The summed E-state index contributed by atoms with van der Waals surface area (Å²) in [6, 6.07) is 13.9. The Kier molecular flexibility index (Phi) is 5.75. The molecule has 2 aromatic carbocycles. The number of carbonyl (C=O) groups excluding carboxylic acids is 1. The number of fused-ring (bicyclic) bond motifs is 1. The maximum absolute atomic E-state index is 12.4. The van der Waals surface area contributed by atoms with Gasteiger partial charge in [0, 0.05) is 0 Å². The van der Waals surface area contributed by atoms with E-state index in [1.807, 2.05) is 56.3 Å². The Morgan fingerprint density at radius 3 is 2.74 bits per heavy atom. The minimum absolute atomic E-state index is 0.263. The normalized spacial score (nSPS) is 19.4. The molecule has 1 aliphatic rings. The number of hydrazone groups is 1. The third-order valence-electron chi connectivity index (χ3n) is 5.00. The maximum Gasteiger partial charge on any atom is 0.280 e. The Morgan fingerprint density at radius 2 is 2.00 bits per heavy atom. The average Bonchev–Trinajstić information content (AvgIpc) is 2.66. The average molecular weight is 362 g/mol. The second kappa shape index (κ2) is 8.21. The van der Waals surface area contributed by atoms with Gasteiger partial charge >= 0.3 is 0 Å². The van der Waals surface area contributed by atoms with E-state index in [2.05, 4.69) is 23.2 Å². The number of hydrogen-bond acceptors (Lipinski definition) is 3. The van der Waals surface area contributed by atoms with Crippen molar-refractivity contribution in [3.8, 4) is 5.75 Å². The van der Waals surface area contributed by atoms with Crippen LogP contribution >= 0.6 is 0 Å². The summed E-state index contributed by atoms with van der Waals surface area (Å²) in [5.41, 5.74) is 5.81. The molecule has 0 bridgehead atoms. The van der Waals surface area contributed by atoms with Crippen molar-refractivity contribution in [2.75, 3.05) is 0 Å². The lowest BCUT2D eigenvalue weighted by Gasteiger charge is -2.22. The standard InChI is InChI=1S/C23H26N2O2/c1-15(2)19-10-9-16(3)22(14-19)24-25-23(26)17(4)27-21-12-11-18-7-5-6-8-20(18)13-21/h5-9,11-13,17,19H,1,10,14H2,2-4H3,(H,25,26)/b24-22-/t17-,19-/m0/s1.